The fourth-order valence-electron chi connectivity index (χ4n) is 2.98. The van der Waals surface area contributed by atoms with Gasteiger partial charge in [-0.25, -0.2) is 0 Å². The van der Waals surface area contributed by atoms with E-state index in [0.29, 0.717) is 27.6 Å². The molecule has 1 aliphatic heterocycles. The zero-order valence-corrected chi connectivity index (χ0v) is 17.3. The maximum atomic E-state index is 13.1. The Morgan fingerprint density at radius 3 is 2.24 bits per heavy atom. The summed E-state index contributed by atoms with van der Waals surface area (Å²) < 4.78 is 10.7. The van der Waals surface area contributed by atoms with Crippen molar-refractivity contribution in [2.75, 3.05) is 25.6 Å². The molecular weight excluding hydrogens is 392 g/mol. The lowest BCUT2D eigenvalue weighted by atomic mass is 10.0. The summed E-state index contributed by atoms with van der Waals surface area (Å²) in [5, 5.41) is 3.66. The highest BCUT2D eigenvalue weighted by Crippen LogP contribution is 2.31. The largest absolute Gasteiger partial charge is 0.497 e. The molecule has 0 atom stereocenters. The van der Waals surface area contributed by atoms with E-state index in [-0.39, 0.29) is 36.8 Å². The summed E-state index contributed by atoms with van der Waals surface area (Å²) >= 11 is 5.98. The zero-order chi connectivity index (χ0) is 21.0. The quantitative estimate of drug-likeness (QED) is 0.662. The van der Waals surface area contributed by atoms with E-state index in [4.69, 9.17) is 21.1 Å². The van der Waals surface area contributed by atoms with Crippen molar-refractivity contribution in [3.63, 3.8) is 0 Å². The second-order valence-corrected chi connectivity index (χ2v) is 7.23. The molecule has 2 aromatic rings. The summed E-state index contributed by atoms with van der Waals surface area (Å²) in [5.41, 5.74) is 1.84. The molecule has 0 aliphatic carbocycles. The van der Waals surface area contributed by atoms with Crippen molar-refractivity contribution in [1.82, 2.24) is 4.90 Å². The van der Waals surface area contributed by atoms with E-state index in [1.54, 1.807) is 55.6 Å². The first-order chi connectivity index (χ1) is 13.9. The van der Waals surface area contributed by atoms with E-state index in [2.05, 4.69) is 5.32 Å². The number of nitrogens with zero attached hydrogens (tertiary/aromatic N) is 1. The number of nitrogens with one attached hydrogen (secondary N) is 1. The van der Waals surface area contributed by atoms with Gasteiger partial charge in [0.15, 0.2) is 0 Å². The van der Waals surface area contributed by atoms with Gasteiger partial charge in [-0.3, -0.25) is 14.5 Å². The van der Waals surface area contributed by atoms with Crippen LogP contribution in [0.4, 0.5) is 5.69 Å². The molecule has 6 nitrogen and oxygen atoms in total. The molecule has 2 amide bonds. The lowest BCUT2D eigenvalue weighted by molar-refractivity contribution is -0.137. The van der Waals surface area contributed by atoms with Gasteiger partial charge < -0.3 is 14.8 Å². The Balaban J connectivity index is 1.93. The van der Waals surface area contributed by atoms with Crippen LogP contribution in [0.25, 0.3) is 5.57 Å². The van der Waals surface area contributed by atoms with Crippen LogP contribution in [-0.4, -0.2) is 43.1 Å². The van der Waals surface area contributed by atoms with E-state index in [0.717, 1.165) is 0 Å². The van der Waals surface area contributed by atoms with Gasteiger partial charge in [0, 0.05) is 10.7 Å². The maximum Gasteiger partial charge on any atom is 0.278 e. The van der Waals surface area contributed by atoms with Crippen molar-refractivity contribution < 1.29 is 19.1 Å². The van der Waals surface area contributed by atoms with Crippen molar-refractivity contribution in [3.05, 3.63) is 64.8 Å². The Kier molecular flexibility index (Phi) is 6.56. The van der Waals surface area contributed by atoms with E-state index in [1.165, 1.54) is 4.90 Å². The Morgan fingerprint density at radius 1 is 1.00 bits per heavy atom. The van der Waals surface area contributed by atoms with Crippen LogP contribution < -0.4 is 10.1 Å². The molecular formula is C22H23ClN2O4. The molecule has 152 valence electrons. The maximum absolute atomic E-state index is 13.1. The molecule has 7 heteroatoms. The average molecular weight is 415 g/mol. The molecule has 1 N–H and O–H groups in total. The summed E-state index contributed by atoms with van der Waals surface area (Å²) in [6.07, 6.45) is 0.0170. The highest BCUT2D eigenvalue weighted by atomic mass is 35.5. The molecule has 0 spiro atoms. The molecule has 1 heterocycles. The Labute approximate surface area is 175 Å². The topological polar surface area (TPSA) is 67.9 Å². The number of benzene rings is 2. The summed E-state index contributed by atoms with van der Waals surface area (Å²) in [6.45, 7) is 4.27. The number of imide groups is 1. The number of anilines is 1. The standard InChI is InChI=1S/C22H23ClN2O4/c1-14(2)29-13-12-25-21(26)19(15-4-6-16(23)7-5-15)20(22(25)27)24-17-8-10-18(28-3)11-9-17/h4-11,14,24H,12-13H2,1-3H3. The van der Waals surface area contributed by atoms with Crippen LogP contribution in [0.15, 0.2) is 54.2 Å². The SMILES string of the molecule is COc1ccc(NC2=C(c3ccc(Cl)cc3)C(=O)N(CCOC(C)C)C2=O)cc1. The first kappa shape index (κ1) is 20.9. The first-order valence-electron chi connectivity index (χ1n) is 9.29. The van der Waals surface area contributed by atoms with Gasteiger partial charge >= 0.3 is 0 Å². The third-order valence-electron chi connectivity index (χ3n) is 4.43. The van der Waals surface area contributed by atoms with Gasteiger partial charge in [-0.1, -0.05) is 23.7 Å². The number of amides is 2. The van der Waals surface area contributed by atoms with Crippen molar-refractivity contribution in [2.24, 2.45) is 0 Å². The normalized spacial score (nSPS) is 14.2. The molecule has 29 heavy (non-hydrogen) atoms. The number of carbonyl (C=O) groups is 2. The minimum absolute atomic E-state index is 0.0170. The van der Waals surface area contributed by atoms with E-state index < -0.39 is 0 Å². The molecule has 0 aromatic heterocycles. The fourth-order valence-corrected chi connectivity index (χ4v) is 3.10. The van der Waals surface area contributed by atoms with Crippen LogP contribution in [0.3, 0.4) is 0 Å². The lowest BCUT2D eigenvalue weighted by Crippen LogP contribution is -2.35. The van der Waals surface area contributed by atoms with Gasteiger partial charge in [0.05, 0.1) is 31.9 Å². The summed E-state index contributed by atoms with van der Waals surface area (Å²) in [4.78, 5) is 27.3. The van der Waals surface area contributed by atoms with Gasteiger partial charge in [0.25, 0.3) is 11.8 Å². The Bertz CT molecular complexity index is 921. The second kappa shape index (κ2) is 9.11. The first-order valence-corrected chi connectivity index (χ1v) is 9.67. The molecule has 0 saturated carbocycles. The van der Waals surface area contributed by atoms with Crippen molar-refractivity contribution in [2.45, 2.75) is 20.0 Å². The fraction of sp³-hybridized carbons (Fsp3) is 0.273. The van der Waals surface area contributed by atoms with Crippen LogP contribution in [0.1, 0.15) is 19.4 Å². The van der Waals surface area contributed by atoms with Gasteiger partial charge in [0.1, 0.15) is 11.4 Å². The minimum atomic E-state index is -0.386. The highest BCUT2D eigenvalue weighted by molar-refractivity contribution is 6.36. The summed E-state index contributed by atoms with van der Waals surface area (Å²) in [6, 6.07) is 14.0. The lowest BCUT2D eigenvalue weighted by Gasteiger charge is -2.16. The number of carbonyl (C=O) groups excluding carboxylic acids is 2. The number of rotatable bonds is 8. The van der Waals surface area contributed by atoms with Crippen LogP contribution >= 0.6 is 11.6 Å². The van der Waals surface area contributed by atoms with E-state index in [9.17, 15) is 9.59 Å². The van der Waals surface area contributed by atoms with Crippen molar-refractivity contribution in [1.29, 1.82) is 0 Å². The molecule has 0 bridgehead atoms. The van der Waals surface area contributed by atoms with Crippen LogP contribution in [0, 0.1) is 0 Å². The third-order valence-corrected chi connectivity index (χ3v) is 4.68. The molecule has 1 aliphatic rings. The number of hydrogen-bond donors (Lipinski definition) is 1. The predicted octanol–water partition coefficient (Wildman–Crippen LogP) is 3.97. The zero-order valence-electron chi connectivity index (χ0n) is 16.6. The Hall–Kier alpha value is -2.83. The molecule has 0 unspecified atom stereocenters. The Morgan fingerprint density at radius 2 is 1.66 bits per heavy atom. The molecule has 0 radical (unpaired) electrons. The minimum Gasteiger partial charge on any atom is -0.497 e. The second-order valence-electron chi connectivity index (χ2n) is 6.79. The number of hydrogen-bond acceptors (Lipinski definition) is 5. The molecule has 3 rings (SSSR count). The predicted molar refractivity (Wildman–Crippen MR) is 113 cm³/mol. The highest BCUT2D eigenvalue weighted by Gasteiger charge is 2.39. The van der Waals surface area contributed by atoms with Crippen molar-refractivity contribution in [3.8, 4) is 5.75 Å². The third kappa shape index (κ3) is 4.78. The van der Waals surface area contributed by atoms with E-state index >= 15 is 0 Å². The van der Waals surface area contributed by atoms with Crippen LogP contribution in [-0.2, 0) is 14.3 Å². The molecule has 2 aromatic carbocycles. The average Bonchev–Trinajstić information content (AvgIpc) is 2.93. The van der Waals surface area contributed by atoms with Gasteiger partial charge in [0.2, 0.25) is 0 Å². The smallest absolute Gasteiger partial charge is 0.278 e. The molecule has 0 fully saturated rings. The van der Waals surface area contributed by atoms with E-state index in [1.807, 2.05) is 13.8 Å². The van der Waals surface area contributed by atoms with Crippen molar-refractivity contribution >= 4 is 34.7 Å². The number of methoxy groups -OCH3 is 1. The van der Waals surface area contributed by atoms with Crippen LogP contribution in [0.5, 0.6) is 5.75 Å². The van der Waals surface area contributed by atoms with Gasteiger partial charge in [-0.15, -0.1) is 0 Å². The van der Waals surface area contributed by atoms with Crippen LogP contribution in [0.2, 0.25) is 5.02 Å². The molecule has 0 saturated heterocycles. The number of halogens is 1. The summed E-state index contributed by atoms with van der Waals surface area (Å²) in [7, 11) is 1.58. The van der Waals surface area contributed by atoms with Gasteiger partial charge in [-0.2, -0.15) is 0 Å². The van der Waals surface area contributed by atoms with Gasteiger partial charge in [-0.05, 0) is 55.8 Å². The number of ether oxygens (including phenoxy) is 2. The summed E-state index contributed by atoms with van der Waals surface area (Å²) in [5.74, 6) is -0.0486. The monoisotopic (exact) mass is 414 g/mol.